The van der Waals surface area contributed by atoms with E-state index in [1.54, 1.807) is 21.3 Å². The Labute approximate surface area is 94.6 Å². The summed E-state index contributed by atoms with van der Waals surface area (Å²) in [4.78, 5) is 0. The summed E-state index contributed by atoms with van der Waals surface area (Å²) in [6.45, 7) is 0. The molecule has 0 saturated heterocycles. The van der Waals surface area contributed by atoms with E-state index in [4.69, 9.17) is 21.8 Å². The Morgan fingerprint density at radius 3 is 1.87 bits per heavy atom. The maximum absolute atomic E-state index is 5.76. The van der Waals surface area contributed by atoms with Gasteiger partial charge in [-0.2, -0.15) is 0 Å². The van der Waals surface area contributed by atoms with Gasteiger partial charge in [-0.05, 0) is 12.8 Å². The van der Waals surface area contributed by atoms with E-state index in [2.05, 4.69) is 0 Å². The highest BCUT2D eigenvalue weighted by Gasteiger charge is 2.27. The second-order valence-electron chi connectivity index (χ2n) is 3.46. The van der Waals surface area contributed by atoms with Crippen LogP contribution in [0.5, 0.6) is 0 Å². The van der Waals surface area contributed by atoms with Crippen LogP contribution in [-0.4, -0.2) is 46.5 Å². The minimum absolute atomic E-state index is 0.310. The molecule has 5 nitrogen and oxygen atoms in total. The minimum Gasteiger partial charge on any atom is -0.380 e. The van der Waals surface area contributed by atoms with Crippen molar-refractivity contribution >= 4 is 19.1 Å². The molecule has 0 aromatic rings. The van der Waals surface area contributed by atoms with Crippen LogP contribution in [0, 0.1) is 0 Å². The molecule has 0 N–H and O–H groups in total. The summed E-state index contributed by atoms with van der Waals surface area (Å²) in [7, 11) is 0.711. The summed E-state index contributed by atoms with van der Waals surface area (Å²) >= 11 is 0. The van der Waals surface area contributed by atoms with E-state index in [-0.39, 0.29) is 0 Å². The van der Waals surface area contributed by atoms with Gasteiger partial charge in [-0.3, -0.25) is 0 Å². The lowest BCUT2D eigenvalue weighted by atomic mass is 10.3. The van der Waals surface area contributed by atoms with Gasteiger partial charge in [-0.15, -0.1) is 0 Å². The maximum atomic E-state index is 5.76. The molecule has 0 heterocycles. The monoisotopic (exact) mass is 252 g/mol. The zero-order chi connectivity index (χ0) is 11.1. The largest absolute Gasteiger partial charge is 0.476 e. The highest BCUT2D eigenvalue weighted by atomic mass is 28.4. The van der Waals surface area contributed by atoms with Crippen LogP contribution in [0.3, 0.4) is 0 Å². The van der Waals surface area contributed by atoms with Crippen LogP contribution in [0.1, 0.15) is 25.7 Å². The van der Waals surface area contributed by atoms with E-state index in [0.717, 1.165) is 12.8 Å². The van der Waals surface area contributed by atoms with Gasteiger partial charge in [0.15, 0.2) is 0 Å². The smallest absolute Gasteiger partial charge is 0.380 e. The highest BCUT2D eigenvalue weighted by molar-refractivity contribution is 6.51. The summed E-state index contributed by atoms with van der Waals surface area (Å²) in [6.07, 6.45) is 5.02. The van der Waals surface area contributed by atoms with Crippen molar-refractivity contribution in [2.45, 2.75) is 31.8 Å². The van der Waals surface area contributed by atoms with Crippen LogP contribution in [0.2, 0.25) is 0 Å². The molecule has 1 fully saturated rings. The molecule has 0 amide bonds. The summed E-state index contributed by atoms with van der Waals surface area (Å²) < 4.78 is 26.7. The minimum atomic E-state index is -2.05. The summed E-state index contributed by atoms with van der Waals surface area (Å²) in [5.41, 5.74) is 0. The predicted octanol–water partition coefficient (Wildman–Crippen LogP) is 0.336. The van der Waals surface area contributed by atoms with Crippen LogP contribution in [0.4, 0.5) is 0 Å². The van der Waals surface area contributed by atoms with Crippen molar-refractivity contribution < 1.29 is 21.8 Å². The average Bonchev–Trinajstić information content (AvgIpc) is 2.76. The highest BCUT2D eigenvalue weighted by Crippen LogP contribution is 2.21. The first kappa shape index (κ1) is 13.3. The lowest BCUT2D eigenvalue weighted by Crippen LogP contribution is -2.38. The van der Waals surface area contributed by atoms with Gasteiger partial charge in [0, 0.05) is 27.4 Å². The quantitative estimate of drug-likeness (QED) is 0.611. The van der Waals surface area contributed by atoms with E-state index in [0.29, 0.717) is 6.10 Å². The Kier molecular flexibility index (Phi) is 6.65. The maximum Gasteiger partial charge on any atom is 0.476 e. The van der Waals surface area contributed by atoms with Crippen LogP contribution >= 0.6 is 0 Å². The molecule has 1 atom stereocenters. The number of hydrogen-bond acceptors (Lipinski definition) is 5. The van der Waals surface area contributed by atoms with Gasteiger partial charge in [-0.1, -0.05) is 12.8 Å². The van der Waals surface area contributed by atoms with E-state index >= 15 is 0 Å². The Morgan fingerprint density at radius 2 is 1.40 bits per heavy atom. The fourth-order valence-corrected chi connectivity index (χ4v) is 4.83. The van der Waals surface area contributed by atoms with Crippen molar-refractivity contribution in [3.05, 3.63) is 0 Å². The van der Waals surface area contributed by atoms with Crippen LogP contribution < -0.4 is 0 Å². The third-order valence-corrected chi connectivity index (χ3v) is 5.94. The van der Waals surface area contributed by atoms with Crippen molar-refractivity contribution in [1.82, 2.24) is 0 Å². The van der Waals surface area contributed by atoms with E-state index in [1.165, 1.54) is 12.8 Å². The van der Waals surface area contributed by atoms with E-state index < -0.39 is 19.1 Å². The van der Waals surface area contributed by atoms with Gasteiger partial charge in [0.05, 0.1) is 0 Å². The molecule has 15 heavy (non-hydrogen) atoms. The lowest BCUT2D eigenvalue weighted by molar-refractivity contribution is 0.0851. The number of hydrogen-bond donors (Lipinski definition) is 0. The Morgan fingerprint density at radius 1 is 0.867 bits per heavy atom. The predicted molar refractivity (Wildman–Crippen MR) is 59.8 cm³/mol. The number of rotatable bonds is 7. The molecule has 1 unspecified atom stereocenters. The first-order valence-electron chi connectivity index (χ1n) is 5.19. The topological polar surface area (TPSA) is 46.2 Å². The molecule has 1 saturated carbocycles. The van der Waals surface area contributed by atoms with E-state index in [9.17, 15) is 0 Å². The molecule has 0 aromatic carbocycles. The van der Waals surface area contributed by atoms with Gasteiger partial charge < -0.3 is 21.8 Å². The Bertz CT molecular complexity index is 157. The molecule has 1 aliphatic rings. The third-order valence-electron chi connectivity index (χ3n) is 2.41. The van der Waals surface area contributed by atoms with Crippen molar-refractivity contribution in [1.29, 1.82) is 0 Å². The van der Waals surface area contributed by atoms with Gasteiger partial charge in [0.1, 0.15) is 0 Å². The molecule has 0 aromatic heterocycles. The molecule has 0 radical (unpaired) electrons. The van der Waals surface area contributed by atoms with Gasteiger partial charge in [0.2, 0.25) is 0 Å². The summed E-state index contributed by atoms with van der Waals surface area (Å²) in [5.74, 6) is 0. The average molecular weight is 252 g/mol. The van der Waals surface area contributed by atoms with E-state index in [1.807, 2.05) is 0 Å². The van der Waals surface area contributed by atoms with Gasteiger partial charge >= 0.3 is 19.1 Å². The Balaban J connectivity index is 2.27. The molecule has 0 bridgehead atoms. The zero-order valence-corrected chi connectivity index (χ0v) is 11.9. The second-order valence-corrected chi connectivity index (χ2v) is 7.39. The first-order chi connectivity index (χ1) is 7.30. The summed E-state index contributed by atoms with van der Waals surface area (Å²) in [6, 6.07) is 0. The molecule has 7 heteroatoms. The molecule has 1 rings (SSSR count). The molecular weight excluding hydrogens is 232 g/mol. The molecule has 0 spiro atoms. The van der Waals surface area contributed by atoms with Crippen LogP contribution in [-0.2, 0) is 21.8 Å². The van der Waals surface area contributed by atoms with Crippen molar-refractivity contribution in [3.63, 3.8) is 0 Å². The first-order valence-corrected chi connectivity index (χ1v) is 8.02. The van der Waals surface area contributed by atoms with Gasteiger partial charge in [-0.25, -0.2) is 0 Å². The fourth-order valence-electron chi connectivity index (χ4n) is 1.62. The SMILES string of the molecule is CO[SiH](OC)O[SiH](OC)OC1CCCC1. The molecule has 1 aliphatic carbocycles. The molecule has 0 aliphatic heterocycles. The molecular formula is C8H20O5Si2. The van der Waals surface area contributed by atoms with Crippen molar-refractivity contribution in [3.8, 4) is 0 Å². The lowest BCUT2D eigenvalue weighted by Gasteiger charge is -2.21. The molecule has 90 valence electrons. The van der Waals surface area contributed by atoms with Crippen molar-refractivity contribution in [2.24, 2.45) is 0 Å². The van der Waals surface area contributed by atoms with Crippen molar-refractivity contribution in [2.75, 3.05) is 21.3 Å². The van der Waals surface area contributed by atoms with Crippen LogP contribution in [0.15, 0.2) is 0 Å². The summed E-state index contributed by atoms with van der Waals surface area (Å²) in [5, 5.41) is 0. The zero-order valence-electron chi connectivity index (χ0n) is 9.60. The fraction of sp³-hybridized carbons (Fsp3) is 1.00. The standard InChI is InChI=1S/C8H20O5Si2/c1-9-14(10-2)13-15(11-3)12-8-6-4-5-7-8/h8,14-15H,4-7H2,1-3H3. The third kappa shape index (κ3) is 4.72. The van der Waals surface area contributed by atoms with Crippen LogP contribution in [0.25, 0.3) is 0 Å². The Hall–Kier alpha value is 0.234. The normalized spacial score (nSPS) is 20.0. The second kappa shape index (κ2) is 7.50. The van der Waals surface area contributed by atoms with Gasteiger partial charge in [0.25, 0.3) is 0 Å².